The minimum atomic E-state index is -0.602. The molecule has 0 saturated carbocycles. The number of carbonyl (C=O) groups is 1. The Hall–Kier alpha value is -1.52. The van der Waals surface area contributed by atoms with E-state index in [1.54, 1.807) is 24.3 Å². The van der Waals surface area contributed by atoms with Gasteiger partial charge in [-0.25, -0.2) is 0 Å². The molecule has 0 saturated heterocycles. The zero-order valence-corrected chi connectivity index (χ0v) is 18.1. The van der Waals surface area contributed by atoms with Crippen molar-refractivity contribution in [3.8, 4) is 11.8 Å². The molecule has 8 heteroatoms. The van der Waals surface area contributed by atoms with Gasteiger partial charge in [0.25, 0.3) is 5.91 Å². The van der Waals surface area contributed by atoms with E-state index in [0.717, 1.165) is 4.47 Å². The molecule has 0 aliphatic carbocycles. The van der Waals surface area contributed by atoms with Crippen LogP contribution >= 0.6 is 55.1 Å². The molecule has 0 bridgehead atoms. The van der Waals surface area contributed by atoms with Crippen LogP contribution < -0.4 is 10.1 Å². The standard InChI is InChI=1S/C18H12Br2Cl2N2O2/c1-2-26-17-10(7-12(19)8-13(17)20)6-11(9-23)18(25)24-15-5-3-4-14(21)16(15)22/h3-8H,2H2,1H3,(H,24,25)/b11-6+. The van der Waals surface area contributed by atoms with Gasteiger partial charge in [0.05, 0.1) is 26.8 Å². The van der Waals surface area contributed by atoms with Crippen molar-refractivity contribution in [1.82, 2.24) is 0 Å². The quantitative estimate of drug-likeness (QED) is 0.365. The molecule has 4 nitrogen and oxygen atoms in total. The van der Waals surface area contributed by atoms with Gasteiger partial charge in [0, 0.05) is 10.0 Å². The van der Waals surface area contributed by atoms with E-state index < -0.39 is 5.91 Å². The van der Waals surface area contributed by atoms with E-state index in [0.29, 0.717) is 33.1 Å². The summed E-state index contributed by atoms with van der Waals surface area (Å²) in [5, 5.41) is 12.5. The molecule has 0 fully saturated rings. The smallest absolute Gasteiger partial charge is 0.266 e. The summed E-state index contributed by atoms with van der Waals surface area (Å²) in [6, 6.07) is 10.3. The van der Waals surface area contributed by atoms with Gasteiger partial charge in [0.15, 0.2) is 0 Å². The van der Waals surface area contributed by atoms with Crippen molar-refractivity contribution in [3.05, 3.63) is 60.5 Å². The number of anilines is 1. The lowest BCUT2D eigenvalue weighted by molar-refractivity contribution is -0.112. The first-order valence-corrected chi connectivity index (χ1v) is 9.70. The number of nitrogens with zero attached hydrogens (tertiary/aromatic N) is 1. The van der Waals surface area contributed by atoms with Crippen LogP contribution in [0.1, 0.15) is 12.5 Å². The Morgan fingerprint density at radius 3 is 2.73 bits per heavy atom. The monoisotopic (exact) mass is 516 g/mol. The van der Waals surface area contributed by atoms with Crippen molar-refractivity contribution in [3.63, 3.8) is 0 Å². The Morgan fingerprint density at radius 1 is 1.35 bits per heavy atom. The highest BCUT2D eigenvalue weighted by Gasteiger charge is 2.15. The molecule has 1 amide bonds. The van der Waals surface area contributed by atoms with Crippen molar-refractivity contribution < 1.29 is 9.53 Å². The van der Waals surface area contributed by atoms with E-state index in [1.807, 2.05) is 19.1 Å². The van der Waals surface area contributed by atoms with Crippen LogP contribution in [0.2, 0.25) is 10.0 Å². The number of nitrogens with one attached hydrogen (secondary N) is 1. The molecule has 0 heterocycles. The summed E-state index contributed by atoms with van der Waals surface area (Å²) in [5.41, 5.74) is 0.801. The molecule has 0 spiro atoms. The van der Waals surface area contributed by atoms with Crippen molar-refractivity contribution in [2.45, 2.75) is 6.92 Å². The predicted octanol–water partition coefficient (Wildman–Crippen LogP) is 6.46. The average Bonchev–Trinajstić information content (AvgIpc) is 2.59. The number of hydrogen-bond donors (Lipinski definition) is 1. The zero-order valence-electron chi connectivity index (χ0n) is 13.4. The first kappa shape index (κ1) is 20.8. The van der Waals surface area contributed by atoms with E-state index in [9.17, 15) is 10.1 Å². The van der Waals surface area contributed by atoms with Gasteiger partial charge in [0.2, 0.25) is 0 Å². The molecule has 0 aliphatic heterocycles. The highest BCUT2D eigenvalue weighted by molar-refractivity contribution is 9.11. The second kappa shape index (κ2) is 9.43. The summed E-state index contributed by atoms with van der Waals surface area (Å²) in [5.74, 6) is -0.0627. The van der Waals surface area contributed by atoms with Gasteiger partial charge >= 0.3 is 0 Å². The molecule has 1 N–H and O–H groups in total. The highest BCUT2D eigenvalue weighted by Crippen LogP contribution is 2.35. The van der Waals surface area contributed by atoms with E-state index >= 15 is 0 Å². The van der Waals surface area contributed by atoms with Crippen molar-refractivity contribution >= 4 is 72.7 Å². The summed E-state index contributed by atoms with van der Waals surface area (Å²) < 4.78 is 7.09. The lowest BCUT2D eigenvalue weighted by Crippen LogP contribution is -2.14. The number of hydrogen-bond acceptors (Lipinski definition) is 3. The highest BCUT2D eigenvalue weighted by atomic mass is 79.9. The van der Waals surface area contributed by atoms with Crippen LogP contribution in [0.5, 0.6) is 5.75 Å². The number of nitriles is 1. The Labute approximate surface area is 178 Å². The molecule has 2 aromatic rings. The van der Waals surface area contributed by atoms with Crippen LogP contribution in [0.3, 0.4) is 0 Å². The SMILES string of the molecule is CCOc1c(Br)cc(Br)cc1/C=C(\C#N)C(=O)Nc1cccc(Cl)c1Cl. The summed E-state index contributed by atoms with van der Waals surface area (Å²) in [6.45, 7) is 2.29. The molecule has 26 heavy (non-hydrogen) atoms. The minimum absolute atomic E-state index is 0.105. The van der Waals surface area contributed by atoms with Gasteiger partial charge < -0.3 is 10.1 Å². The second-order valence-corrected chi connectivity index (χ2v) is 7.52. The maximum atomic E-state index is 12.5. The van der Waals surface area contributed by atoms with E-state index in [2.05, 4.69) is 37.2 Å². The fourth-order valence-corrected chi connectivity index (χ4v) is 3.80. The lowest BCUT2D eigenvalue weighted by atomic mass is 10.1. The Bertz CT molecular complexity index is 924. The van der Waals surface area contributed by atoms with Crippen LogP contribution in [0.15, 0.2) is 44.9 Å². The average molecular weight is 519 g/mol. The number of benzene rings is 2. The first-order chi connectivity index (χ1) is 12.4. The fourth-order valence-electron chi connectivity index (χ4n) is 2.08. The minimum Gasteiger partial charge on any atom is -0.492 e. The molecule has 2 aromatic carbocycles. The molecular weight excluding hydrogens is 507 g/mol. The largest absolute Gasteiger partial charge is 0.492 e. The number of halogens is 4. The third-order valence-electron chi connectivity index (χ3n) is 3.19. The van der Waals surface area contributed by atoms with E-state index in [-0.39, 0.29) is 10.6 Å². The van der Waals surface area contributed by atoms with Crippen LogP contribution in [-0.2, 0) is 4.79 Å². The molecule has 0 unspecified atom stereocenters. The molecule has 0 aromatic heterocycles. The number of ether oxygens (including phenoxy) is 1. The fraction of sp³-hybridized carbons (Fsp3) is 0.111. The number of carbonyl (C=O) groups excluding carboxylic acids is 1. The van der Waals surface area contributed by atoms with Gasteiger partial charge in [-0.1, -0.05) is 45.2 Å². The number of amides is 1. The molecule has 2 rings (SSSR count). The van der Waals surface area contributed by atoms with Crippen LogP contribution in [0.25, 0.3) is 6.08 Å². The summed E-state index contributed by atoms with van der Waals surface area (Å²) in [6.07, 6.45) is 1.45. The lowest BCUT2D eigenvalue weighted by Gasteiger charge is -2.11. The Balaban J connectivity index is 2.40. The molecule has 0 atom stereocenters. The number of rotatable bonds is 5. The van der Waals surface area contributed by atoms with Gasteiger partial charge in [-0.15, -0.1) is 0 Å². The second-order valence-electron chi connectivity index (χ2n) is 4.96. The van der Waals surface area contributed by atoms with Crippen molar-refractivity contribution in [2.75, 3.05) is 11.9 Å². The molecule has 134 valence electrons. The Morgan fingerprint density at radius 2 is 2.08 bits per heavy atom. The van der Waals surface area contributed by atoms with E-state index in [4.69, 9.17) is 27.9 Å². The third kappa shape index (κ3) is 5.01. The van der Waals surface area contributed by atoms with Gasteiger partial charge in [-0.2, -0.15) is 5.26 Å². The third-order valence-corrected chi connectivity index (χ3v) is 5.06. The summed E-state index contributed by atoms with van der Waals surface area (Å²) in [7, 11) is 0. The molecule has 0 aliphatic rings. The van der Waals surface area contributed by atoms with Gasteiger partial charge in [-0.3, -0.25) is 4.79 Å². The van der Waals surface area contributed by atoms with Crippen molar-refractivity contribution in [2.24, 2.45) is 0 Å². The van der Waals surface area contributed by atoms with E-state index in [1.165, 1.54) is 6.08 Å². The zero-order chi connectivity index (χ0) is 19.3. The van der Waals surface area contributed by atoms with Gasteiger partial charge in [0.1, 0.15) is 17.4 Å². The van der Waals surface area contributed by atoms with Crippen LogP contribution in [0, 0.1) is 11.3 Å². The van der Waals surface area contributed by atoms with Gasteiger partial charge in [-0.05, 0) is 53.2 Å². The topological polar surface area (TPSA) is 62.1 Å². The van der Waals surface area contributed by atoms with Crippen LogP contribution in [0.4, 0.5) is 5.69 Å². The molecule has 0 radical (unpaired) electrons. The Kier molecular flexibility index (Phi) is 7.54. The molecular formula is C18H12Br2Cl2N2O2. The summed E-state index contributed by atoms with van der Waals surface area (Å²) >= 11 is 18.8. The maximum absolute atomic E-state index is 12.5. The first-order valence-electron chi connectivity index (χ1n) is 7.36. The predicted molar refractivity (Wildman–Crippen MR) is 112 cm³/mol. The normalized spacial score (nSPS) is 11.0. The van der Waals surface area contributed by atoms with Crippen molar-refractivity contribution in [1.29, 1.82) is 5.26 Å². The summed E-state index contributed by atoms with van der Waals surface area (Å²) in [4.78, 5) is 12.5. The van der Waals surface area contributed by atoms with Crippen LogP contribution in [-0.4, -0.2) is 12.5 Å². The maximum Gasteiger partial charge on any atom is 0.266 e.